The van der Waals surface area contributed by atoms with Crippen LogP contribution in [0.15, 0.2) is 45.6 Å². The first-order valence-electron chi connectivity index (χ1n) is 6.68. The smallest absolute Gasteiger partial charge is 0.263 e. The highest BCUT2D eigenvalue weighted by atomic mass is 16.3. The molecular weight excluding hydrogens is 254 g/mol. The van der Waals surface area contributed by atoms with Crippen molar-refractivity contribution in [3.8, 4) is 0 Å². The van der Waals surface area contributed by atoms with Crippen molar-refractivity contribution in [3.63, 3.8) is 0 Å². The van der Waals surface area contributed by atoms with Crippen LogP contribution >= 0.6 is 0 Å². The van der Waals surface area contributed by atoms with Gasteiger partial charge in [-0.3, -0.25) is 9.59 Å². The number of carbonyl (C=O) groups excluding carboxylic acids is 1. The predicted octanol–water partition coefficient (Wildman–Crippen LogP) is 3.02. The molecular formula is C16H17NO3. The minimum Gasteiger partial charge on any atom is -0.465 e. The van der Waals surface area contributed by atoms with E-state index in [0.717, 1.165) is 0 Å². The summed E-state index contributed by atoms with van der Waals surface area (Å²) in [5, 5.41) is 2.71. The second-order valence-electron chi connectivity index (χ2n) is 4.40. The maximum absolute atomic E-state index is 12.2. The minimum absolute atomic E-state index is 0.0913. The van der Waals surface area contributed by atoms with Crippen LogP contribution < -0.4 is 10.7 Å². The lowest BCUT2D eigenvalue weighted by Crippen LogP contribution is -2.23. The number of carbonyl (C=O) groups is 1. The quantitative estimate of drug-likeness (QED) is 0.929. The number of rotatable bonds is 4. The molecule has 1 aromatic carbocycles. The molecule has 0 aliphatic rings. The van der Waals surface area contributed by atoms with Gasteiger partial charge in [-0.05, 0) is 12.1 Å². The molecule has 2 rings (SSSR count). The second-order valence-corrected chi connectivity index (χ2v) is 4.40. The van der Waals surface area contributed by atoms with Crippen molar-refractivity contribution in [2.75, 3.05) is 5.32 Å². The van der Waals surface area contributed by atoms with Crippen molar-refractivity contribution in [2.24, 2.45) is 0 Å². The van der Waals surface area contributed by atoms with Crippen LogP contribution in [0.2, 0.25) is 0 Å². The number of amides is 1. The van der Waals surface area contributed by atoms with E-state index in [1.807, 2.05) is 32.0 Å². The van der Waals surface area contributed by atoms with Crippen LogP contribution in [0.5, 0.6) is 0 Å². The summed E-state index contributed by atoms with van der Waals surface area (Å²) in [7, 11) is 0. The summed E-state index contributed by atoms with van der Waals surface area (Å²) in [5.41, 5.74) is 0.449. The average Bonchev–Trinajstić information content (AvgIpc) is 2.47. The van der Waals surface area contributed by atoms with Gasteiger partial charge >= 0.3 is 0 Å². The molecule has 0 fully saturated rings. The monoisotopic (exact) mass is 271 g/mol. The highest BCUT2D eigenvalue weighted by Crippen LogP contribution is 2.12. The van der Waals surface area contributed by atoms with E-state index in [0.29, 0.717) is 30.0 Å². The summed E-state index contributed by atoms with van der Waals surface area (Å²) in [6.07, 6.45) is 1.13. The first kappa shape index (κ1) is 14.1. The second kappa shape index (κ2) is 6.19. The maximum atomic E-state index is 12.2. The molecule has 4 nitrogen and oxygen atoms in total. The van der Waals surface area contributed by atoms with Crippen molar-refractivity contribution < 1.29 is 9.21 Å². The minimum atomic E-state index is -0.426. The van der Waals surface area contributed by atoms with Crippen LogP contribution in [0.4, 0.5) is 5.69 Å². The molecule has 4 heteroatoms. The number of hydrogen-bond acceptors (Lipinski definition) is 3. The highest BCUT2D eigenvalue weighted by Gasteiger charge is 2.18. The Morgan fingerprint density at radius 3 is 2.45 bits per heavy atom. The van der Waals surface area contributed by atoms with E-state index in [1.54, 1.807) is 12.1 Å². The Labute approximate surface area is 117 Å². The predicted molar refractivity (Wildman–Crippen MR) is 78.1 cm³/mol. The van der Waals surface area contributed by atoms with E-state index in [4.69, 9.17) is 4.42 Å². The highest BCUT2D eigenvalue weighted by molar-refractivity contribution is 6.04. The Morgan fingerprint density at radius 2 is 1.85 bits per heavy atom. The molecule has 0 aliphatic heterocycles. The van der Waals surface area contributed by atoms with Gasteiger partial charge in [-0.15, -0.1) is 0 Å². The lowest BCUT2D eigenvalue weighted by molar-refractivity contribution is 0.102. The number of para-hydroxylation sites is 1. The number of hydrogen-bond donors (Lipinski definition) is 1. The van der Waals surface area contributed by atoms with Gasteiger partial charge in [0.15, 0.2) is 5.43 Å². The van der Waals surface area contributed by atoms with Crippen LogP contribution in [0.3, 0.4) is 0 Å². The van der Waals surface area contributed by atoms with E-state index in [2.05, 4.69) is 5.32 Å². The van der Waals surface area contributed by atoms with Crippen molar-refractivity contribution in [1.29, 1.82) is 0 Å². The molecule has 0 aliphatic carbocycles. The Morgan fingerprint density at radius 1 is 1.15 bits per heavy atom. The normalized spacial score (nSPS) is 10.3. The fourth-order valence-corrected chi connectivity index (χ4v) is 1.97. The molecule has 0 bridgehead atoms. The van der Waals surface area contributed by atoms with Crippen LogP contribution in [-0.2, 0) is 12.8 Å². The lowest BCUT2D eigenvalue weighted by Gasteiger charge is -2.09. The summed E-state index contributed by atoms with van der Waals surface area (Å²) in [6.45, 7) is 3.76. The molecule has 1 aromatic heterocycles. The van der Waals surface area contributed by atoms with Crippen molar-refractivity contribution in [3.05, 3.63) is 63.7 Å². The standard InChI is InChI=1S/C16H17NO3/c1-3-12-10-13(18)15(14(4-2)20-12)16(19)17-11-8-6-5-7-9-11/h5-10H,3-4H2,1-2H3,(H,17,19). The van der Waals surface area contributed by atoms with Gasteiger partial charge in [0, 0.05) is 24.6 Å². The van der Waals surface area contributed by atoms with E-state index in [-0.39, 0.29) is 11.0 Å². The van der Waals surface area contributed by atoms with Crippen LogP contribution in [0.1, 0.15) is 35.7 Å². The average molecular weight is 271 g/mol. The van der Waals surface area contributed by atoms with Gasteiger partial charge < -0.3 is 9.73 Å². The van der Waals surface area contributed by atoms with Gasteiger partial charge in [0.2, 0.25) is 0 Å². The molecule has 0 radical (unpaired) electrons. The molecule has 0 unspecified atom stereocenters. The topological polar surface area (TPSA) is 59.3 Å². The van der Waals surface area contributed by atoms with E-state index in [9.17, 15) is 9.59 Å². The van der Waals surface area contributed by atoms with Crippen LogP contribution in [-0.4, -0.2) is 5.91 Å². The van der Waals surface area contributed by atoms with Crippen molar-refractivity contribution in [1.82, 2.24) is 0 Å². The summed E-state index contributed by atoms with van der Waals surface area (Å²) in [6, 6.07) is 10.4. The summed E-state index contributed by atoms with van der Waals surface area (Å²) in [5.74, 6) is 0.607. The van der Waals surface area contributed by atoms with Gasteiger partial charge in [-0.25, -0.2) is 0 Å². The van der Waals surface area contributed by atoms with Gasteiger partial charge in [0.05, 0.1) is 0 Å². The maximum Gasteiger partial charge on any atom is 0.263 e. The third-order valence-corrected chi connectivity index (χ3v) is 3.00. The number of anilines is 1. The molecule has 0 saturated carbocycles. The van der Waals surface area contributed by atoms with Gasteiger partial charge in [-0.1, -0.05) is 32.0 Å². The van der Waals surface area contributed by atoms with E-state index in [1.165, 1.54) is 6.07 Å². The molecule has 104 valence electrons. The SMILES string of the molecule is CCc1cc(=O)c(C(=O)Nc2ccccc2)c(CC)o1. The number of benzene rings is 1. The molecule has 1 heterocycles. The third-order valence-electron chi connectivity index (χ3n) is 3.00. The third kappa shape index (κ3) is 2.96. The Kier molecular flexibility index (Phi) is 4.35. The summed E-state index contributed by atoms with van der Waals surface area (Å²) >= 11 is 0. The van der Waals surface area contributed by atoms with E-state index < -0.39 is 5.91 Å². The molecule has 1 amide bonds. The van der Waals surface area contributed by atoms with Crippen LogP contribution in [0, 0.1) is 0 Å². The zero-order valence-electron chi connectivity index (χ0n) is 11.6. The fraction of sp³-hybridized carbons (Fsp3) is 0.250. The Balaban J connectivity index is 2.37. The first-order chi connectivity index (χ1) is 9.65. The van der Waals surface area contributed by atoms with Gasteiger partial charge in [0.1, 0.15) is 17.1 Å². The Bertz CT molecular complexity index is 659. The zero-order valence-corrected chi connectivity index (χ0v) is 11.6. The summed E-state index contributed by atoms with van der Waals surface area (Å²) < 4.78 is 5.59. The van der Waals surface area contributed by atoms with Gasteiger partial charge in [-0.2, -0.15) is 0 Å². The molecule has 1 N–H and O–H groups in total. The lowest BCUT2D eigenvalue weighted by atomic mass is 10.1. The van der Waals surface area contributed by atoms with Crippen molar-refractivity contribution in [2.45, 2.75) is 26.7 Å². The number of nitrogens with one attached hydrogen (secondary N) is 1. The van der Waals surface area contributed by atoms with E-state index >= 15 is 0 Å². The van der Waals surface area contributed by atoms with Crippen molar-refractivity contribution >= 4 is 11.6 Å². The molecule has 2 aromatic rings. The fourth-order valence-electron chi connectivity index (χ4n) is 1.97. The molecule has 0 spiro atoms. The van der Waals surface area contributed by atoms with Gasteiger partial charge in [0.25, 0.3) is 5.91 Å². The number of aryl methyl sites for hydroxylation is 2. The summed E-state index contributed by atoms with van der Waals surface area (Å²) in [4.78, 5) is 24.3. The molecule has 0 atom stereocenters. The molecule has 20 heavy (non-hydrogen) atoms. The first-order valence-corrected chi connectivity index (χ1v) is 6.68. The zero-order chi connectivity index (χ0) is 14.5. The molecule has 0 saturated heterocycles. The largest absolute Gasteiger partial charge is 0.465 e. The van der Waals surface area contributed by atoms with Crippen LogP contribution in [0.25, 0.3) is 0 Å². The Hall–Kier alpha value is -2.36.